The second kappa shape index (κ2) is 16.8. The number of hydrogen-bond acceptors (Lipinski definition) is 8. The van der Waals surface area contributed by atoms with E-state index in [1.165, 1.54) is 0 Å². The molecule has 4 atom stereocenters. The van der Waals surface area contributed by atoms with Gasteiger partial charge in [0, 0.05) is 6.92 Å². The van der Waals surface area contributed by atoms with E-state index in [1.807, 2.05) is 30.3 Å². The fraction of sp³-hybridized carbons (Fsp3) is 0.250. The van der Waals surface area contributed by atoms with Crippen LogP contribution < -0.4 is 10.6 Å². The molecule has 4 rings (SSSR count). The van der Waals surface area contributed by atoms with Crippen LogP contribution in [0.2, 0.25) is 0 Å². The number of aliphatic hydroxyl groups excluding tert-OH is 1. The lowest BCUT2D eigenvalue weighted by molar-refractivity contribution is -0.263. The Kier molecular flexibility index (Phi) is 12.3. The zero-order chi connectivity index (χ0) is 32.8. The number of hydrogen-bond donors (Lipinski definition) is 4. The first-order chi connectivity index (χ1) is 22.2. The van der Waals surface area contributed by atoms with Gasteiger partial charge in [0.1, 0.15) is 25.4 Å². The molecule has 0 fully saturated rings. The first kappa shape index (κ1) is 33.7. The molecule has 0 heterocycles. The van der Waals surface area contributed by atoms with Crippen LogP contribution in [-0.4, -0.2) is 52.3 Å². The van der Waals surface area contributed by atoms with Crippen LogP contribution in [0.4, 0.5) is 9.59 Å². The predicted molar refractivity (Wildman–Crippen MR) is 170 cm³/mol. The third-order valence-electron chi connectivity index (χ3n) is 7.21. The van der Waals surface area contributed by atoms with Gasteiger partial charge in [-0.1, -0.05) is 121 Å². The molecule has 2 amide bonds. The van der Waals surface area contributed by atoms with E-state index in [0.717, 1.165) is 18.1 Å². The molecule has 240 valence electrons. The number of alkyl carbamates (subject to hydrolysis) is 2. The molecule has 4 unspecified atom stereocenters. The number of aliphatic hydroxyl groups is 2. The molecule has 0 spiro atoms. The summed E-state index contributed by atoms with van der Waals surface area (Å²) in [4.78, 5) is 38.5. The van der Waals surface area contributed by atoms with Crippen molar-refractivity contribution in [2.24, 2.45) is 0 Å². The molecule has 0 aliphatic rings. The van der Waals surface area contributed by atoms with Gasteiger partial charge in [0.2, 0.25) is 0 Å². The molecule has 0 saturated carbocycles. The smallest absolute Gasteiger partial charge is 0.407 e. The minimum Gasteiger partial charge on any atom is -0.445 e. The standard InChI is InChI=1S/C36H38N2O8/c1-26(39)46-36(43,32(23-28-16-8-3-9-17-28)38-35(42)45-25-30-20-12-5-13-21-30)33(40)31(22-27-14-6-2-7-15-27)37-34(41)44-24-29-18-10-4-11-19-29/h2-21,31-33,40,43H,22-25H2,1H3,(H,37,41)(H,38,42). The van der Waals surface area contributed by atoms with Crippen LogP contribution in [0.25, 0.3) is 0 Å². The largest absolute Gasteiger partial charge is 0.445 e. The van der Waals surface area contributed by atoms with Gasteiger partial charge in [-0.2, -0.15) is 0 Å². The van der Waals surface area contributed by atoms with E-state index in [4.69, 9.17) is 14.2 Å². The Morgan fingerprint density at radius 3 is 1.46 bits per heavy atom. The van der Waals surface area contributed by atoms with Crippen molar-refractivity contribution < 1.29 is 38.8 Å². The second-order valence-corrected chi connectivity index (χ2v) is 10.7. The number of nitrogens with one attached hydrogen (secondary N) is 2. The molecular formula is C36H38N2O8. The number of carbonyl (C=O) groups excluding carboxylic acids is 3. The van der Waals surface area contributed by atoms with E-state index >= 15 is 0 Å². The molecule has 4 N–H and O–H groups in total. The summed E-state index contributed by atoms with van der Waals surface area (Å²) in [7, 11) is 0. The summed E-state index contributed by atoms with van der Waals surface area (Å²) >= 11 is 0. The summed E-state index contributed by atoms with van der Waals surface area (Å²) in [6.45, 7) is 0.962. The Balaban J connectivity index is 1.62. The average Bonchev–Trinajstić information content (AvgIpc) is 3.07. The van der Waals surface area contributed by atoms with Gasteiger partial charge in [-0.25, -0.2) is 9.59 Å². The number of esters is 1. The molecule has 0 aromatic heterocycles. The lowest BCUT2D eigenvalue weighted by Crippen LogP contribution is -2.67. The van der Waals surface area contributed by atoms with Crippen LogP contribution in [0.3, 0.4) is 0 Å². The van der Waals surface area contributed by atoms with Crippen molar-refractivity contribution in [1.82, 2.24) is 10.6 Å². The summed E-state index contributed by atoms with van der Waals surface area (Å²) in [5, 5.41) is 29.2. The van der Waals surface area contributed by atoms with E-state index in [-0.39, 0.29) is 26.1 Å². The van der Waals surface area contributed by atoms with Crippen molar-refractivity contribution in [2.45, 2.75) is 57.0 Å². The minimum atomic E-state index is -2.74. The Bertz CT molecular complexity index is 1520. The molecule has 46 heavy (non-hydrogen) atoms. The van der Waals surface area contributed by atoms with Crippen LogP contribution in [0.1, 0.15) is 29.2 Å². The molecule has 0 aliphatic heterocycles. The van der Waals surface area contributed by atoms with Crippen LogP contribution >= 0.6 is 0 Å². The Morgan fingerprint density at radius 2 is 1.02 bits per heavy atom. The molecule has 10 heteroatoms. The predicted octanol–water partition coefficient (Wildman–Crippen LogP) is 4.67. The SMILES string of the molecule is CC(=O)OC(O)(C(Cc1ccccc1)NC(=O)OCc1ccccc1)C(O)C(Cc1ccccc1)NC(=O)OCc1ccccc1. The van der Waals surface area contributed by atoms with Crippen LogP contribution in [0.5, 0.6) is 0 Å². The Hall–Kier alpha value is -5.19. The van der Waals surface area contributed by atoms with Gasteiger partial charge in [-0.15, -0.1) is 0 Å². The average molecular weight is 627 g/mol. The highest BCUT2D eigenvalue weighted by molar-refractivity contribution is 5.69. The van der Waals surface area contributed by atoms with E-state index in [9.17, 15) is 24.6 Å². The maximum Gasteiger partial charge on any atom is 0.407 e. The molecule has 4 aromatic carbocycles. The first-order valence-electron chi connectivity index (χ1n) is 14.8. The molecule has 0 aliphatic carbocycles. The van der Waals surface area contributed by atoms with E-state index in [1.54, 1.807) is 91.0 Å². The summed E-state index contributed by atoms with van der Waals surface area (Å²) < 4.78 is 16.2. The number of amides is 2. The highest BCUT2D eigenvalue weighted by atomic mass is 16.7. The van der Waals surface area contributed by atoms with Gasteiger partial charge in [0.15, 0.2) is 0 Å². The van der Waals surface area contributed by atoms with Crippen molar-refractivity contribution in [3.63, 3.8) is 0 Å². The Labute approximate surface area is 267 Å². The van der Waals surface area contributed by atoms with Crippen LogP contribution in [0.15, 0.2) is 121 Å². The maximum absolute atomic E-state index is 13.1. The molecule has 0 radical (unpaired) electrons. The molecule has 4 aromatic rings. The fourth-order valence-electron chi connectivity index (χ4n) is 4.94. The number of rotatable bonds is 14. The summed E-state index contributed by atoms with van der Waals surface area (Å²) in [6.07, 6.45) is -3.80. The van der Waals surface area contributed by atoms with Crippen molar-refractivity contribution >= 4 is 18.2 Å². The fourth-order valence-corrected chi connectivity index (χ4v) is 4.94. The molecule has 0 bridgehead atoms. The Morgan fingerprint density at radius 1 is 0.630 bits per heavy atom. The second-order valence-electron chi connectivity index (χ2n) is 10.7. The molecule has 10 nitrogen and oxygen atoms in total. The van der Waals surface area contributed by atoms with Crippen LogP contribution in [-0.2, 0) is 45.1 Å². The molecule has 0 saturated heterocycles. The lowest BCUT2D eigenvalue weighted by Gasteiger charge is -2.41. The van der Waals surface area contributed by atoms with Gasteiger partial charge in [-0.3, -0.25) is 4.79 Å². The van der Waals surface area contributed by atoms with E-state index < -0.39 is 42.1 Å². The summed E-state index contributed by atoms with van der Waals surface area (Å²) in [6, 6.07) is 33.2. The third-order valence-corrected chi connectivity index (χ3v) is 7.21. The van der Waals surface area contributed by atoms with Gasteiger partial charge in [0.25, 0.3) is 5.79 Å². The summed E-state index contributed by atoms with van der Waals surface area (Å²) in [5.41, 5.74) is 2.84. The topological polar surface area (TPSA) is 143 Å². The normalized spacial score (nSPS) is 14.1. The third kappa shape index (κ3) is 10.2. The maximum atomic E-state index is 13.1. The first-order valence-corrected chi connectivity index (χ1v) is 14.8. The van der Waals surface area contributed by atoms with Crippen LogP contribution in [0, 0.1) is 0 Å². The monoisotopic (exact) mass is 626 g/mol. The van der Waals surface area contributed by atoms with Gasteiger partial charge >= 0.3 is 18.2 Å². The zero-order valence-electron chi connectivity index (χ0n) is 25.5. The highest BCUT2D eigenvalue weighted by Crippen LogP contribution is 2.26. The van der Waals surface area contributed by atoms with Crippen molar-refractivity contribution in [1.29, 1.82) is 0 Å². The number of benzene rings is 4. The van der Waals surface area contributed by atoms with Crippen molar-refractivity contribution in [2.75, 3.05) is 0 Å². The summed E-state index contributed by atoms with van der Waals surface area (Å²) in [5.74, 6) is -3.66. The van der Waals surface area contributed by atoms with Gasteiger partial charge < -0.3 is 35.1 Å². The van der Waals surface area contributed by atoms with Crippen molar-refractivity contribution in [3.05, 3.63) is 144 Å². The minimum absolute atomic E-state index is 0.0164. The zero-order valence-corrected chi connectivity index (χ0v) is 25.5. The number of carbonyl (C=O) groups is 3. The highest BCUT2D eigenvalue weighted by Gasteiger charge is 2.51. The van der Waals surface area contributed by atoms with Crippen molar-refractivity contribution in [3.8, 4) is 0 Å². The van der Waals surface area contributed by atoms with E-state index in [0.29, 0.717) is 11.1 Å². The molecular weight excluding hydrogens is 588 g/mol. The van der Waals surface area contributed by atoms with E-state index in [2.05, 4.69) is 10.6 Å². The quantitative estimate of drug-likeness (QED) is 0.0898. The number of ether oxygens (including phenoxy) is 3. The van der Waals surface area contributed by atoms with Gasteiger partial charge in [0.05, 0.1) is 6.04 Å². The van der Waals surface area contributed by atoms with Gasteiger partial charge in [-0.05, 0) is 35.1 Å². The lowest BCUT2D eigenvalue weighted by atomic mass is 9.88.